The Morgan fingerprint density at radius 2 is 2.17 bits per heavy atom. The number of nitrogens with two attached hydrogens (primary N) is 1. The van der Waals surface area contributed by atoms with E-state index in [1.54, 1.807) is 6.92 Å². The van der Waals surface area contributed by atoms with E-state index in [1.165, 1.54) is 6.07 Å². The summed E-state index contributed by atoms with van der Waals surface area (Å²) in [4.78, 5) is 9.57. The first-order valence-electron chi connectivity index (χ1n) is 4.94. The molecule has 0 aliphatic carbocycles. The summed E-state index contributed by atoms with van der Waals surface area (Å²) in [7, 11) is -3.99. The highest BCUT2D eigenvalue weighted by Crippen LogP contribution is 2.27. The number of rotatable bonds is 5. The maximum absolute atomic E-state index is 11.9. The summed E-state index contributed by atoms with van der Waals surface area (Å²) in [5.74, 6) is 0. The molecular weight excluding hydrogens is 282 g/mol. The van der Waals surface area contributed by atoms with Crippen molar-refractivity contribution in [3.63, 3.8) is 0 Å². The van der Waals surface area contributed by atoms with Crippen LogP contribution in [0.15, 0.2) is 23.1 Å². The fraction of sp³-hybridized carbons (Fsp3) is 0.333. The predicted molar refractivity (Wildman–Crippen MR) is 66.9 cm³/mol. The second kappa shape index (κ2) is 5.61. The molecule has 1 atom stereocenters. The van der Waals surface area contributed by atoms with Gasteiger partial charge in [-0.25, -0.2) is 13.1 Å². The van der Waals surface area contributed by atoms with Crippen LogP contribution in [0.3, 0.4) is 0 Å². The fourth-order valence-corrected chi connectivity index (χ4v) is 2.81. The van der Waals surface area contributed by atoms with Gasteiger partial charge in [0.25, 0.3) is 5.69 Å². The van der Waals surface area contributed by atoms with E-state index in [0.717, 1.165) is 12.1 Å². The number of nitrogens with one attached hydrogen (secondary N) is 1. The van der Waals surface area contributed by atoms with E-state index in [1.807, 2.05) is 0 Å². The molecule has 100 valence electrons. The standard InChI is InChI=1S/C9H12ClN3O4S/c1-6(5-11)12-18(16,17)9-3-2-7(10)4-8(9)13(14)15/h2-4,6,12H,5,11H2,1H3/t6-/m0/s1. The number of hydrogen-bond donors (Lipinski definition) is 2. The average Bonchev–Trinajstić information content (AvgIpc) is 2.27. The van der Waals surface area contributed by atoms with Crippen molar-refractivity contribution < 1.29 is 13.3 Å². The lowest BCUT2D eigenvalue weighted by atomic mass is 10.3. The van der Waals surface area contributed by atoms with Crippen LogP contribution in [0.1, 0.15) is 6.92 Å². The van der Waals surface area contributed by atoms with E-state index in [2.05, 4.69) is 4.72 Å². The van der Waals surface area contributed by atoms with E-state index in [4.69, 9.17) is 17.3 Å². The Balaban J connectivity index is 3.28. The lowest BCUT2D eigenvalue weighted by Gasteiger charge is -2.12. The summed E-state index contributed by atoms with van der Waals surface area (Å²) in [6.07, 6.45) is 0. The Morgan fingerprint density at radius 1 is 1.56 bits per heavy atom. The van der Waals surface area contributed by atoms with Gasteiger partial charge in [-0.1, -0.05) is 11.6 Å². The van der Waals surface area contributed by atoms with E-state index in [0.29, 0.717) is 0 Å². The highest BCUT2D eigenvalue weighted by Gasteiger charge is 2.26. The zero-order valence-corrected chi connectivity index (χ0v) is 11.0. The van der Waals surface area contributed by atoms with Crippen LogP contribution < -0.4 is 10.5 Å². The molecule has 0 fully saturated rings. The zero-order chi connectivity index (χ0) is 13.9. The molecule has 0 radical (unpaired) electrons. The molecule has 0 aliphatic heterocycles. The molecule has 3 N–H and O–H groups in total. The third-order valence-corrected chi connectivity index (χ3v) is 3.99. The number of nitro benzene ring substituents is 1. The average molecular weight is 294 g/mol. The van der Waals surface area contributed by atoms with Crippen LogP contribution in [0.2, 0.25) is 5.02 Å². The van der Waals surface area contributed by atoms with Crippen molar-refractivity contribution in [1.82, 2.24) is 4.72 Å². The molecule has 0 aliphatic rings. The molecular formula is C9H12ClN3O4S. The van der Waals surface area contributed by atoms with Gasteiger partial charge >= 0.3 is 0 Å². The highest BCUT2D eigenvalue weighted by atomic mass is 35.5. The smallest absolute Gasteiger partial charge is 0.290 e. The van der Waals surface area contributed by atoms with Gasteiger partial charge < -0.3 is 5.73 Å². The minimum absolute atomic E-state index is 0.0839. The lowest BCUT2D eigenvalue weighted by Crippen LogP contribution is -2.37. The number of sulfonamides is 1. The Morgan fingerprint density at radius 3 is 2.67 bits per heavy atom. The van der Waals surface area contributed by atoms with Crippen molar-refractivity contribution in [2.45, 2.75) is 17.9 Å². The van der Waals surface area contributed by atoms with Crippen LogP contribution in [0.25, 0.3) is 0 Å². The molecule has 0 amide bonds. The molecule has 18 heavy (non-hydrogen) atoms. The third-order valence-electron chi connectivity index (χ3n) is 2.12. The summed E-state index contributed by atoms with van der Waals surface area (Å²) < 4.78 is 26.1. The molecule has 1 aromatic rings. The molecule has 0 saturated heterocycles. The van der Waals surface area contributed by atoms with Gasteiger partial charge in [0.05, 0.1) is 4.92 Å². The van der Waals surface area contributed by atoms with Crippen LogP contribution in [0.5, 0.6) is 0 Å². The minimum Gasteiger partial charge on any atom is -0.329 e. The van der Waals surface area contributed by atoms with Gasteiger partial charge in [0.2, 0.25) is 10.0 Å². The van der Waals surface area contributed by atoms with Crippen LogP contribution in [0, 0.1) is 10.1 Å². The van der Waals surface area contributed by atoms with Crippen molar-refractivity contribution in [3.05, 3.63) is 33.3 Å². The number of hydrogen-bond acceptors (Lipinski definition) is 5. The monoisotopic (exact) mass is 293 g/mol. The molecule has 9 heteroatoms. The van der Waals surface area contributed by atoms with Gasteiger partial charge in [0.15, 0.2) is 4.90 Å². The van der Waals surface area contributed by atoms with Gasteiger partial charge in [-0.05, 0) is 19.1 Å². The molecule has 1 rings (SSSR count). The molecule has 7 nitrogen and oxygen atoms in total. The quantitative estimate of drug-likeness (QED) is 0.617. The summed E-state index contributed by atoms with van der Waals surface area (Å²) in [5, 5.41) is 10.9. The summed E-state index contributed by atoms with van der Waals surface area (Å²) in [5.41, 5.74) is 4.73. The first kappa shape index (κ1) is 14.8. The van der Waals surface area contributed by atoms with Crippen LogP contribution in [0.4, 0.5) is 5.69 Å². The number of nitro groups is 1. The maximum Gasteiger partial charge on any atom is 0.290 e. The number of benzene rings is 1. The summed E-state index contributed by atoms with van der Waals surface area (Å²) in [6.45, 7) is 1.64. The normalized spacial score (nSPS) is 13.3. The highest BCUT2D eigenvalue weighted by molar-refractivity contribution is 7.89. The minimum atomic E-state index is -3.99. The van der Waals surface area contributed by atoms with Crippen molar-refractivity contribution in [2.24, 2.45) is 5.73 Å². The second-order valence-electron chi connectivity index (χ2n) is 3.63. The number of halogens is 1. The molecule has 0 unspecified atom stereocenters. The van der Waals surface area contributed by atoms with Gasteiger partial charge in [0, 0.05) is 23.7 Å². The first-order chi connectivity index (χ1) is 8.27. The van der Waals surface area contributed by atoms with E-state index in [-0.39, 0.29) is 11.6 Å². The van der Waals surface area contributed by atoms with E-state index < -0.39 is 31.6 Å². The van der Waals surface area contributed by atoms with Gasteiger partial charge in [-0.2, -0.15) is 0 Å². The van der Waals surface area contributed by atoms with E-state index in [9.17, 15) is 18.5 Å². The summed E-state index contributed by atoms with van der Waals surface area (Å²) in [6, 6.07) is 2.83. The Bertz CT molecular complexity index is 561. The molecule has 1 aromatic carbocycles. The topological polar surface area (TPSA) is 115 Å². The van der Waals surface area contributed by atoms with Crippen molar-refractivity contribution >= 4 is 27.3 Å². The molecule has 0 bridgehead atoms. The van der Waals surface area contributed by atoms with Crippen molar-refractivity contribution in [2.75, 3.05) is 6.54 Å². The van der Waals surface area contributed by atoms with Crippen LogP contribution in [-0.2, 0) is 10.0 Å². The summed E-state index contributed by atoms with van der Waals surface area (Å²) >= 11 is 5.60. The van der Waals surface area contributed by atoms with Gasteiger partial charge in [0.1, 0.15) is 0 Å². The van der Waals surface area contributed by atoms with Crippen molar-refractivity contribution in [1.29, 1.82) is 0 Å². The van der Waals surface area contributed by atoms with Crippen LogP contribution >= 0.6 is 11.6 Å². The van der Waals surface area contributed by atoms with Gasteiger partial charge in [-0.3, -0.25) is 10.1 Å². The Hall–Kier alpha value is -1.22. The lowest BCUT2D eigenvalue weighted by molar-refractivity contribution is -0.387. The predicted octanol–water partition coefficient (Wildman–Crippen LogP) is 0.874. The van der Waals surface area contributed by atoms with Crippen molar-refractivity contribution in [3.8, 4) is 0 Å². The van der Waals surface area contributed by atoms with Gasteiger partial charge in [-0.15, -0.1) is 0 Å². The molecule has 0 aromatic heterocycles. The third kappa shape index (κ3) is 3.39. The maximum atomic E-state index is 11.9. The Labute approximate surface area is 109 Å². The largest absolute Gasteiger partial charge is 0.329 e. The molecule has 0 spiro atoms. The SMILES string of the molecule is C[C@@H](CN)NS(=O)(=O)c1ccc(Cl)cc1[N+](=O)[O-]. The molecule has 0 saturated carbocycles. The first-order valence-corrected chi connectivity index (χ1v) is 6.80. The number of nitrogens with zero attached hydrogens (tertiary/aromatic N) is 1. The zero-order valence-electron chi connectivity index (χ0n) is 9.46. The molecule has 0 heterocycles. The van der Waals surface area contributed by atoms with Crippen LogP contribution in [-0.4, -0.2) is 25.9 Å². The Kier molecular flexibility index (Phi) is 4.63. The van der Waals surface area contributed by atoms with E-state index >= 15 is 0 Å². The second-order valence-corrected chi connectivity index (χ2v) is 5.75. The fourth-order valence-electron chi connectivity index (χ4n) is 1.24.